The highest BCUT2D eigenvalue weighted by Crippen LogP contribution is 2.36. The van der Waals surface area contributed by atoms with Crippen LogP contribution in [0.5, 0.6) is 11.5 Å². The molecule has 0 aliphatic heterocycles. The summed E-state index contributed by atoms with van der Waals surface area (Å²) < 4.78 is 42.1. The molecule has 0 aromatic heterocycles. The Labute approximate surface area is 165 Å². The summed E-state index contributed by atoms with van der Waals surface area (Å²) >= 11 is 0. The van der Waals surface area contributed by atoms with Crippen LogP contribution >= 0.6 is 0 Å². The van der Waals surface area contributed by atoms with E-state index in [1.54, 1.807) is 0 Å². The molecule has 0 N–H and O–H groups in total. The van der Waals surface area contributed by atoms with Gasteiger partial charge < -0.3 is 4.74 Å². The van der Waals surface area contributed by atoms with Gasteiger partial charge in [0.2, 0.25) is 5.75 Å². The van der Waals surface area contributed by atoms with Gasteiger partial charge in [0.15, 0.2) is 15.6 Å². The van der Waals surface area contributed by atoms with Gasteiger partial charge in [0.25, 0.3) is 0 Å². The molecule has 7 nitrogen and oxygen atoms in total. The lowest BCUT2D eigenvalue weighted by Gasteiger charge is -2.09. The Balaban J connectivity index is 1.90. The van der Waals surface area contributed by atoms with Crippen molar-refractivity contribution in [2.24, 2.45) is 0 Å². The smallest absolute Gasteiger partial charge is 0.330 e. The van der Waals surface area contributed by atoms with E-state index in [-0.39, 0.29) is 17.3 Å². The van der Waals surface area contributed by atoms with Crippen LogP contribution in [0.1, 0.15) is 15.9 Å². The van der Waals surface area contributed by atoms with E-state index in [9.17, 15) is 27.7 Å². The Morgan fingerprint density at radius 2 is 1.52 bits per heavy atom. The summed E-state index contributed by atoms with van der Waals surface area (Å²) in [7, 11) is -3.84. The summed E-state index contributed by atoms with van der Waals surface area (Å²) in [6.07, 6.45) is 0.870. The second-order valence-corrected chi connectivity index (χ2v) is 8.08. The van der Waals surface area contributed by atoms with E-state index in [0.717, 1.165) is 12.3 Å². The number of para-hydroxylation sites is 1. The lowest BCUT2D eigenvalue weighted by atomic mass is 10.0. The van der Waals surface area contributed by atoms with E-state index in [1.165, 1.54) is 60.7 Å². The summed E-state index contributed by atoms with van der Waals surface area (Å²) in [6.45, 7) is 0. The molecule has 9 heteroatoms. The van der Waals surface area contributed by atoms with Gasteiger partial charge in [-0.05, 0) is 60.7 Å². The van der Waals surface area contributed by atoms with Gasteiger partial charge >= 0.3 is 5.69 Å². The molecule has 0 aliphatic carbocycles. The Hall–Kier alpha value is -3.59. The van der Waals surface area contributed by atoms with E-state index in [0.29, 0.717) is 11.1 Å². The van der Waals surface area contributed by atoms with Crippen molar-refractivity contribution in [3.05, 3.63) is 93.8 Å². The van der Waals surface area contributed by atoms with Crippen LogP contribution in [0.4, 0.5) is 10.1 Å². The number of ether oxygens (including phenoxy) is 1. The van der Waals surface area contributed by atoms with Gasteiger partial charge in [-0.2, -0.15) is 0 Å². The van der Waals surface area contributed by atoms with Gasteiger partial charge in [0.1, 0.15) is 16.5 Å². The Morgan fingerprint density at radius 3 is 2.03 bits per heavy atom. The highest BCUT2D eigenvalue weighted by atomic mass is 32.2. The topological polar surface area (TPSA) is 104 Å². The second-order valence-electron chi connectivity index (χ2n) is 6.09. The molecular weight excluding hydrogens is 401 g/mol. The third kappa shape index (κ3) is 4.46. The van der Waals surface area contributed by atoms with E-state index in [2.05, 4.69) is 0 Å². The van der Waals surface area contributed by atoms with Gasteiger partial charge in [-0.15, -0.1) is 0 Å². The van der Waals surface area contributed by atoms with Crippen molar-refractivity contribution in [3.8, 4) is 11.5 Å². The number of ketones is 1. The third-order valence-corrected chi connectivity index (χ3v) is 5.12. The fourth-order valence-corrected chi connectivity index (χ4v) is 3.49. The second kappa shape index (κ2) is 7.80. The average molecular weight is 415 g/mol. The van der Waals surface area contributed by atoms with Crippen molar-refractivity contribution >= 4 is 21.3 Å². The summed E-state index contributed by atoms with van der Waals surface area (Å²) in [5.41, 5.74) is -0.0543. The third-order valence-electron chi connectivity index (χ3n) is 3.99. The molecule has 0 atom stereocenters. The minimum absolute atomic E-state index is 0.175. The molecule has 29 heavy (non-hydrogen) atoms. The number of carbonyl (C=O) groups excluding carboxylic acids is 1. The fourth-order valence-electron chi connectivity index (χ4n) is 2.63. The first kappa shape index (κ1) is 20.2. The number of sulfone groups is 1. The Bertz CT molecular complexity index is 1190. The molecule has 0 saturated heterocycles. The largest absolute Gasteiger partial charge is 0.450 e. The van der Waals surface area contributed by atoms with Crippen LogP contribution in [0.15, 0.2) is 71.6 Å². The van der Waals surface area contributed by atoms with E-state index >= 15 is 0 Å². The molecule has 0 saturated carbocycles. The Morgan fingerprint density at radius 1 is 0.966 bits per heavy atom. The van der Waals surface area contributed by atoms with Crippen molar-refractivity contribution in [1.29, 1.82) is 0 Å². The molecule has 3 rings (SSSR count). The Kier molecular flexibility index (Phi) is 5.42. The highest BCUT2D eigenvalue weighted by molar-refractivity contribution is 7.90. The summed E-state index contributed by atoms with van der Waals surface area (Å²) in [6, 6.07) is 14.6. The molecule has 0 bridgehead atoms. The van der Waals surface area contributed by atoms with E-state index < -0.39 is 31.2 Å². The molecule has 0 fully saturated rings. The molecule has 148 valence electrons. The maximum atomic E-state index is 13.0. The maximum absolute atomic E-state index is 13.0. The number of nitro benzene ring substituents is 1. The van der Waals surface area contributed by atoms with Crippen molar-refractivity contribution < 1.29 is 27.3 Å². The minimum Gasteiger partial charge on any atom is -0.450 e. The molecule has 0 heterocycles. The molecule has 0 unspecified atom stereocenters. The van der Waals surface area contributed by atoms with Gasteiger partial charge in [-0.25, -0.2) is 12.8 Å². The molecule has 3 aromatic carbocycles. The number of nitro groups is 1. The van der Waals surface area contributed by atoms with Gasteiger partial charge in [-0.1, -0.05) is 6.07 Å². The zero-order valence-corrected chi connectivity index (χ0v) is 15.9. The normalized spacial score (nSPS) is 11.1. The number of rotatable bonds is 6. The van der Waals surface area contributed by atoms with Crippen LogP contribution in [-0.4, -0.2) is 25.4 Å². The molecule has 0 aliphatic rings. The van der Waals surface area contributed by atoms with Crippen molar-refractivity contribution in [2.45, 2.75) is 4.90 Å². The first-order valence-electron chi connectivity index (χ1n) is 8.22. The van der Waals surface area contributed by atoms with Crippen LogP contribution in [-0.2, 0) is 9.84 Å². The number of benzene rings is 3. The van der Waals surface area contributed by atoms with Crippen LogP contribution in [0.25, 0.3) is 0 Å². The predicted molar refractivity (Wildman–Crippen MR) is 103 cm³/mol. The lowest BCUT2D eigenvalue weighted by Crippen LogP contribution is -2.04. The van der Waals surface area contributed by atoms with E-state index in [1.807, 2.05) is 0 Å². The fraction of sp³-hybridized carbons (Fsp3) is 0.0500. The quantitative estimate of drug-likeness (QED) is 0.340. The van der Waals surface area contributed by atoms with Gasteiger partial charge in [-0.3, -0.25) is 14.9 Å². The minimum atomic E-state index is -3.84. The SMILES string of the molecule is CS(=O)(=O)c1cccc(Oc2ccc(C(=O)c3ccc(F)cc3)cc2)c1[N+](=O)[O-]. The lowest BCUT2D eigenvalue weighted by molar-refractivity contribution is -0.388. The summed E-state index contributed by atoms with van der Waals surface area (Å²) in [5, 5.41) is 11.4. The predicted octanol–water partition coefficient (Wildman–Crippen LogP) is 4.16. The van der Waals surface area contributed by atoms with E-state index in [4.69, 9.17) is 4.74 Å². The molecular formula is C20H14FNO6S. The molecule has 0 radical (unpaired) electrons. The number of hydrogen-bond donors (Lipinski definition) is 0. The molecule has 3 aromatic rings. The summed E-state index contributed by atoms with van der Waals surface area (Å²) in [5.74, 6) is -0.852. The van der Waals surface area contributed by atoms with Crippen molar-refractivity contribution in [3.63, 3.8) is 0 Å². The summed E-state index contributed by atoms with van der Waals surface area (Å²) in [4.78, 5) is 22.5. The van der Waals surface area contributed by atoms with Crippen molar-refractivity contribution in [1.82, 2.24) is 0 Å². The number of carbonyl (C=O) groups is 1. The van der Waals surface area contributed by atoms with Crippen LogP contribution in [0, 0.1) is 15.9 Å². The monoisotopic (exact) mass is 415 g/mol. The number of halogens is 1. The van der Waals surface area contributed by atoms with Crippen molar-refractivity contribution in [2.75, 3.05) is 6.26 Å². The average Bonchev–Trinajstić information content (AvgIpc) is 2.67. The standard InChI is InChI=1S/C20H14FNO6S/c1-29(26,27)18-4-2-3-17(19(18)22(24)25)28-16-11-7-14(8-12-16)20(23)13-5-9-15(21)10-6-13/h2-12H,1H3. The van der Waals surface area contributed by atoms with Gasteiger partial charge in [0.05, 0.1) is 4.92 Å². The first-order chi connectivity index (χ1) is 13.7. The van der Waals surface area contributed by atoms with Crippen LogP contribution < -0.4 is 4.74 Å². The highest BCUT2D eigenvalue weighted by Gasteiger charge is 2.27. The van der Waals surface area contributed by atoms with Crippen LogP contribution in [0.3, 0.4) is 0 Å². The zero-order chi connectivity index (χ0) is 21.2. The maximum Gasteiger partial charge on any atom is 0.330 e. The van der Waals surface area contributed by atoms with Gasteiger partial charge in [0, 0.05) is 17.4 Å². The van der Waals surface area contributed by atoms with Crippen LogP contribution in [0.2, 0.25) is 0 Å². The number of nitrogens with zero attached hydrogens (tertiary/aromatic N) is 1. The zero-order valence-electron chi connectivity index (χ0n) is 15.0. The molecule has 0 amide bonds. The number of hydrogen-bond acceptors (Lipinski definition) is 6. The first-order valence-corrected chi connectivity index (χ1v) is 10.1. The molecule has 0 spiro atoms.